The lowest BCUT2D eigenvalue weighted by atomic mass is 9.97. The predicted molar refractivity (Wildman–Crippen MR) is 294 cm³/mol. The number of carbonyl (C=O) groups excluding carboxylic acids is 9. The van der Waals surface area contributed by atoms with E-state index in [1.165, 1.54) is 21.5 Å². The minimum absolute atomic E-state index is 0.0817. The van der Waals surface area contributed by atoms with Crippen LogP contribution in [0.1, 0.15) is 93.2 Å². The van der Waals surface area contributed by atoms with Crippen molar-refractivity contribution in [1.82, 2.24) is 9.13 Å². The Morgan fingerprint density at radius 3 is 1.19 bits per heavy atom. The molecule has 6 aromatic rings. The largest absolute Gasteiger partial charge is 0.463 e. The number of aromatic nitrogens is 2. The maximum atomic E-state index is 15.7. The van der Waals surface area contributed by atoms with Gasteiger partial charge in [0.1, 0.15) is 25.4 Å². The maximum Gasteiger partial charge on any atom is 0.303 e. The van der Waals surface area contributed by atoms with E-state index in [2.05, 4.69) is 31.9 Å². The van der Waals surface area contributed by atoms with Crippen molar-refractivity contribution >= 4 is 153 Å². The molecule has 10 atom stereocenters. The van der Waals surface area contributed by atoms with Crippen molar-refractivity contribution in [3.63, 3.8) is 0 Å². The van der Waals surface area contributed by atoms with Gasteiger partial charge in [-0.05, 0) is 68.3 Å². The van der Waals surface area contributed by atoms with Gasteiger partial charge in [0.15, 0.2) is 49.1 Å². The molecular formula is C53H48Br2Cl2N2O19S2. The fourth-order valence-corrected chi connectivity index (χ4v) is 13.2. The maximum absolute atomic E-state index is 15.7. The molecule has 2 fully saturated rings. The number of carbonyl (C=O) groups is 9. The van der Waals surface area contributed by atoms with E-state index in [4.69, 9.17) is 81.5 Å². The molecule has 0 N–H and O–H groups in total. The van der Waals surface area contributed by atoms with Gasteiger partial charge in [0.25, 0.3) is 0 Å². The highest BCUT2D eigenvalue weighted by molar-refractivity contribution is 9.11. The van der Waals surface area contributed by atoms with E-state index in [-0.39, 0.29) is 63.9 Å². The summed E-state index contributed by atoms with van der Waals surface area (Å²) in [5, 5.41) is 0.750. The second-order valence-electron chi connectivity index (χ2n) is 17.3. The SMILES string of the molecule is [2H]CC(=O)OC[C@H]1OC(n2cc(-c3cc(Br)sc3C(=O)c3sc(Br)cc3-c3cn(C4O[C@H](COC(=O)C[2H])[C@@H](OC(=O)C[2H])[C@H](OC(=O)C[2H])[C@H]4OC(=O)C[2H])c4cccc(Cl)c34)c3c(Cl)cccc32)[C@H](OC(=O)C[2H])[C@@H](OC(=O)C[2H])[C@@H]1OC(=O)C[2H]. The van der Waals surface area contributed by atoms with Gasteiger partial charge in [0.05, 0.1) is 38.4 Å². The summed E-state index contributed by atoms with van der Waals surface area (Å²) in [4.78, 5) is 119. The number of thiophene rings is 2. The van der Waals surface area contributed by atoms with Crippen LogP contribution in [0.3, 0.4) is 0 Å². The van der Waals surface area contributed by atoms with E-state index in [1.807, 2.05) is 0 Å². The average Bonchev–Trinajstić information content (AvgIpc) is 2.05. The number of ketones is 1. The zero-order chi connectivity index (χ0) is 63.8. The van der Waals surface area contributed by atoms with Gasteiger partial charge in [-0.2, -0.15) is 0 Å². The molecule has 27 heteroatoms. The number of hydrogen-bond acceptors (Lipinski definition) is 21. The topological polar surface area (TPSA) is 256 Å². The minimum Gasteiger partial charge on any atom is -0.463 e. The van der Waals surface area contributed by atoms with E-state index in [9.17, 15) is 38.4 Å². The predicted octanol–water partition coefficient (Wildman–Crippen LogP) is 9.63. The molecule has 21 nitrogen and oxygen atoms in total. The first-order valence-corrected chi connectivity index (χ1v) is 27.0. The van der Waals surface area contributed by atoms with Crippen molar-refractivity contribution in [2.24, 2.45) is 0 Å². The minimum atomic E-state index is -1.86. The van der Waals surface area contributed by atoms with E-state index in [1.54, 1.807) is 48.5 Å². The zero-order valence-electron chi connectivity index (χ0n) is 49.1. The molecule has 2 aliphatic heterocycles. The Balaban J connectivity index is 1.29. The summed E-state index contributed by atoms with van der Waals surface area (Å²) in [6, 6.07) is 12.6. The van der Waals surface area contributed by atoms with Crippen LogP contribution in [0.4, 0.5) is 0 Å². The van der Waals surface area contributed by atoms with Crippen molar-refractivity contribution in [2.75, 3.05) is 13.2 Å². The summed E-state index contributed by atoms with van der Waals surface area (Å²) in [6.45, 7) is -9.03. The molecule has 2 aromatic carbocycles. The van der Waals surface area contributed by atoms with Crippen LogP contribution in [0.5, 0.6) is 0 Å². The molecule has 2 aliphatic rings. The number of ether oxygens (including phenoxy) is 10. The molecule has 424 valence electrons. The van der Waals surface area contributed by atoms with Crippen molar-refractivity contribution in [1.29, 1.82) is 0 Å². The molecule has 0 saturated carbocycles. The molecule has 0 spiro atoms. The molecule has 0 amide bonds. The lowest BCUT2D eigenvalue weighted by molar-refractivity contribution is -0.267. The van der Waals surface area contributed by atoms with Crippen LogP contribution >= 0.6 is 77.7 Å². The first-order valence-electron chi connectivity index (χ1n) is 28.6. The lowest BCUT2D eigenvalue weighted by Gasteiger charge is -2.44. The monoisotopic (exact) mass is 1320 g/mol. The summed E-state index contributed by atoms with van der Waals surface area (Å²) in [7, 11) is 0. The summed E-state index contributed by atoms with van der Waals surface area (Å²) in [5.41, 5.74) is 1.42. The average molecular weight is 1320 g/mol. The van der Waals surface area contributed by atoms with Gasteiger partial charge >= 0.3 is 47.8 Å². The Kier molecular flexibility index (Phi) is 15.4. The van der Waals surface area contributed by atoms with Crippen molar-refractivity contribution in [3.8, 4) is 22.3 Å². The number of nitrogens with zero attached hydrogens (tertiary/aromatic N) is 2. The molecule has 6 heterocycles. The Morgan fingerprint density at radius 1 is 0.500 bits per heavy atom. The number of benzene rings is 2. The highest BCUT2D eigenvalue weighted by atomic mass is 79.9. The van der Waals surface area contributed by atoms with Gasteiger partial charge in [-0.3, -0.25) is 43.2 Å². The molecule has 0 aliphatic carbocycles. The van der Waals surface area contributed by atoms with Crippen LogP contribution in [0, 0.1) is 0 Å². The Hall–Kier alpha value is -6.19. The quantitative estimate of drug-likeness (QED) is 0.0496. The highest BCUT2D eigenvalue weighted by Gasteiger charge is 2.55. The van der Waals surface area contributed by atoms with Crippen LogP contribution in [0.15, 0.2) is 68.5 Å². The first-order chi connectivity index (χ1) is 42.1. The van der Waals surface area contributed by atoms with Crippen LogP contribution in [0.2, 0.25) is 10.0 Å². The van der Waals surface area contributed by atoms with Gasteiger partial charge in [0, 0.05) is 112 Å². The molecular weight excluding hydrogens is 1260 g/mol. The summed E-state index contributed by atoms with van der Waals surface area (Å²) in [6.07, 6.45) is -14.5. The standard InChI is InChI=1S/C53H48Br2Cl2N2O19S2/c1-21(60)69-19-37-44(71-23(3)62)46(73-25(5)64)48(75-27(7)66)52(77-37)58-17-31(41-33(56)11-9-13-35(41)58)29-15-39(54)79-50(29)43(68)51-30(16-40(55)80-51)32-18-59(36-14-10-12-34(57)42(32)36)53-49(76-28(8)67)47(74-26(6)65)45(72-24(4)63)38(78-53)20-70-22(2)61/h9-18,37-38,44-49,52-53H,19-20H2,1-8H3/t37-,38-,44-,45-,46+,47+,48-,49-,52?,53?/m1/s1/i1D,2D,3D,4D,5D,6D,7D,8D. The van der Waals surface area contributed by atoms with Crippen molar-refractivity contribution in [2.45, 2.75) is 116 Å². The zero-order valence-corrected chi connectivity index (χ0v) is 47.4. The van der Waals surface area contributed by atoms with E-state index >= 15 is 4.79 Å². The molecule has 2 saturated heterocycles. The van der Waals surface area contributed by atoms with Gasteiger partial charge in [-0.1, -0.05) is 35.3 Å². The summed E-state index contributed by atoms with van der Waals surface area (Å²) < 4.78 is 123. The normalized spacial score (nSPS) is 24.0. The summed E-state index contributed by atoms with van der Waals surface area (Å²) >= 11 is 23.3. The molecule has 0 bridgehead atoms. The van der Waals surface area contributed by atoms with E-state index < -0.39 is 183 Å². The number of esters is 8. The molecule has 0 radical (unpaired) electrons. The van der Waals surface area contributed by atoms with Gasteiger partial charge < -0.3 is 56.5 Å². The smallest absolute Gasteiger partial charge is 0.303 e. The Bertz CT molecular complexity index is 3440. The molecule has 4 aromatic heterocycles. The fourth-order valence-electron chi connectivity index (χ4n) is 9.50. The first kappa shape index (κ1) is 49.6. The van der Waals surface area contributed by atoms with Gasteiger partial charge in [-0.25, -0.2) is 0 Å². The number of fused-ring (bicyclic) bond motifs is 2. The number of hydrogen-bond donors (Lipinski definition) is 0. The third-order valence-corrected chi connectivity index (χ3v) is 16.1. The highest BCUT2D eigenvalue weighted by Crippen LogP contribution is 2.49. The van der Waals surface area contributed by atoms with E-state index in [0.717, 1.165) is 22.7 Å². The van der Waals surface area contributed by atoms with Crippen LogP contribution in [0.25, 0.3) is 44.1 Å². The third-order valence-electron chi connectivity index (χ3n) is 12.2. The van der Waals surface area contributed by atoms with Crippen molar-refractivity contribution in [3.05, 3.63) is 88.3 Å². The Morgan fingerprint density at radius 2 is 0.838 bits per heavy atom. The molecule has 8 rings (SSSR count). The Labute approximate surface area is 501 Å². The lowest BCUT2D eigenvalue weighted by Crippen LogP contribution is -2.60. The number of halogens is 4. The van der Waals surface area contributed by atoms with Crippen LogP contribution < -0.4 is 0 Å². The second-order valence-corrected chi connectivity index (χ2v) is 23.0. The second kappa shape index (κ2) is 24.9. The van der Waals surface area contributed by atoms with Crippen LogP contribution in [-0.4, -0.2) is 125 Å². The molecule has 80 heavy (non-hydrogen) atoms. The molecule has 2 unspecified atom stereocenters. The third kappa shape index (κ3) is 12.8. The fraction of sp³-hybridized carbons (Fsp3) is 0.377. The van der Waals surface area contributed by atoms with Gasteiger partial charge in [-0.15, -0.1) is 22.7 Å². The van der Waals surface area contributed by atoms with Crippen LogP contribution in [-0.2, 0) is 85.7 Å². The number of rotatable bonds is 16. The van der Waals surface area contributed by atoms with E-state index in [0.29, 0.717) is 7.57 Å². The van der Waals surface area contributed by atoms with Crippen molar-refractivity contribution < 1.29 is 101 Å². The van der Waals surface area contributed by atoms with Gasteiger partial charge in [0.2, 0.25) is 5.78 Å². The summed E-state index contributed by atoms with van der Waals surface area (Å²) in [5.74, 6) is -9.80.